The van der Waals surface area contributed by atoms with Gasteiger partial charge in [0.2, 0.25) is 0 Å². The van der Waals surface area contributed by atoms with E-state index in [1.165, 1.54) is 18.2 Å². The number of benzene rings is 1. The van der Waals surface area contributed by atoms with Gasteiger partial charge < -0.3 is 10.5 Å². The second-order valence-electron chi connectivity index (χ2n) is 6.57. The third-order valence-corrected chi connectivity index (χ3v) is 4.39. The normalized spacial score (nSPS) is 17.1. The lowest BCUT2D eigenvalue weighted by molar-refractivity contribution is -0.0950. The maximum atomic E-state index is 13.1. The van der Waals surface area contributed by atoms with Crippen molar-refractivity contribution in [2.45, 2.75) is 25.3 Å². The largest absolute Gasteiger partial charge is 0.429 e. The summed E-state index contributed by atoms with van der Waals surface area (Å²) in [6, 6.07) is 7.33. The van der Waals surface area contributed by atoms with Crippen LogP contribution in [0.2, 0.25) is 0 Å². The molecule has 1 aromatic carbocycles. The summed E-state index contributed by atoms with van der Waals surface area (Å²) >= 11 is 0. The molecule has 1 unspecified atom stereocenters. The lowest BCUT2D eigenvalue weighted by Gasteiger charge is -2.23. The maximum Gasteiger partial charge on any atom is 0.412 e. The minimum Gasteiger partial charge on any atom is -0.429 e. The van der Waals surface area contributed by atoms with Crippen molar-refractivity contribution in [2.24, 2.45) is 10.7 Å². The van der Waals surface area contributed by atoms with Gasteiger partial charge in [-0.25, -0.2) is 4.99 Å². The molecule has 1 aliphatic carbocycles. The summed E-state index contributed by atoms with van der Waals surface area (Å²) in [6.45, 7) is -3.33. The molecule has 1 aliphatic rings. The molecule has 11 heteroatoms. The number of nitrogens with zero attached hydrogens (tertiary/aromatic N) is 3. The topological polar surface area (TPSA) is 82.5 Å². The van der Waals surface area contributed by atoms with E-state index < -0.39 is 47.7 Å². The summed E-state index contributed by atoms with van der Waals surface area (Å²) in [7, 11) is 0. The first-order valence-corrected chi connectivity index (χ1v) is 9.24. The van der Waals surface area contributed by atoms with Gasteiger partial charge in [-0.15, -0.1) is 0 Å². The second-order valence-corrected chi connectivity index (χ2v) is 6.57. The summed E-state index contributed by atoms with van der Waals surface area (Å²) in [5, 5.41) is 4.09. The van der Waals surface area contributed by atoms with Gasteiger partial charge in [-0.2, -0.15) is 27.1 Å². The van der Waals surface area contributed by atoms with E-state index in [-0.39, 0.29) is 5.71 Å². The number of halogens is 5. The highest BCUT2D eigenvalue weighted by atomic mass is 19.4. The highest BCUT2D eigenvalue weighted by Gasteiger charge is 2.36. The van der Waals surface area contributed by atoms with Crippen molar-refractivity contribution in [2.75, 3.05) is 0 Å². The van der Waals surface area contributed by atoms with E-state index in [4.69, 9.17) is 5.73 Å². The SMILES string of the molecule is NC=CC(=Nc1ccccc1)c1nn(C2C=CC=C(C(F)(F)F)C2)cc(OC(F)F)c1=O. The minimum absolute atomic E-state index is 0.0801. The Hall–Kier alpha value is -3.76. The minimum atomic E-state index is -4.57. The average molecular weight is 452 g/mol. The molecule has 2 N–H and O–H groups in total. The molecule has 32 heavy (non-hydrogen) atoms. The van der Waals surface area contributed by atoms with Crippen molar-refractivity contribution in [3.63, 3.8) is 0 Å². The van der Waals surface area contributed by atoms with Crippen molar-refractivity contribution in [1.82, 2.24) is 9.78 Å². The van der Waals surface area contributed by atoms with E-state index >= 15 is 0 Å². The van der Waals surface area contributed by atoms with E-state index in [1.54, 1.807) is 30.3 Å². The van der Waals surface area contributed by atoms with Crippen LogP contribution in [0, 0.1) is 0 Å². The monoisotopic (exact) mass is 452 g/mol. The number of rotatable bonds is 6. The molecule has 2 aromatic rings. The lowest BCUT2D eigenvalue weighted by atomic mass is 10.0. The molecule has 3 rings (SSSR count). The number of aliphatic imine (C=N–C) groups is 1. The van der Waals surface area contributed by atoms with Gasteiger partial charge in [0.1, 0.15) is 0 Å². The molecule has 6 nitrogen and oxygen atoms in total. The van der Waals surface area contributed by atoms with E-state index in [0.29, 0.717) is 5.69 Å². The fourth-order valence-electron chi connectivity index (χ4n) is 2.96. The van der Waals surface area contributed by atoms with Gasteiger partial charge in [0.15, 0.2) is 11.4 Å². The van der Waals surface area contributed by atoms with Crippen LogP contribution in [0.3, 0.4) is 0 Å². The summed E-state index contributed by atoms with van der Waals surface area (Å²) < 4.78 is 70.5. The molecule has 0 saturated carbocycles. The number of hydrogen-bond donors (Lipinski definition) is 1. The van der Waals surface area contributed by atoms with Gasteiger partial charge in [0.05, 0.1) is 23.6 Å². The predicted octanol–water partition coefficient (Wildman–Crippen LogP) is 4.43. The molecule has 0 radical (unpaired) electrons. The van der Waals surface area contributed by atoms with Crippen LogP contribution in [-0.4, -0.2) is 28.3 Å². The Balaban J connectivity index is 2.14. The lowest BCUT2D eigenvalue weighted by Crippen LogP contribution is -2.27. The first-order valence-electron chi connectivity index (χ1n) is 9.24. The molecule has 168 valence electrons. The van der Waals surface area contributed by atoms with Crippen LogP contribution in [-0.2, 0) is 0 Å². The Bertz CT molecular complexity index is 1140. The number of allylic oxidation sites excluding steroid dienone is 5. The van der Waals surface area contributed by atoms with Crippen LogP contribution >= 0.6 is 0 Å². The van der Waals surface area contributed by atoms with Gasteiger partial charge in [-0.3, -0.25) is 9.48 Å². The Morgan fingerprint density at radius 3 is 2.62 bits per heavy atom. The summed E-state index contributed by atoms with van der Waals surface area (Å²) in [6.07, 6.45) is 1.55. The fourth-order valence-corrected chi connectivity index (χ4v) is 2.96. The average Bonchev–Trinajstić information content (AvgIpc) is 2.75. The van der Waals surface area contributed by atoms with Crippen LogP contribution in [0.15, 0.2) is 82.4 Å². The Morgan fingerprint density at radius 1 is 1.28 bits per heavy atom. The molecular weight excluding hydrogens is 435 g/mol. The van der Waals surface area contributed by atoms with Crippen molar-refractivity contribution < 1.29 is 26.7 Å². The Kier molecular flexibility index (Phi) is 6.86. The molecule has 0 aliphatic heterocycles. The summed E-state index contributed by atoms with van der Waals surface area (Å²) in [5.74, 6) is -0.785. The number of aromatic nitrogens is 2. The first-order chi connectivity index (χ1) is 15.2. The number of alkyl halides is 5. The van der Waals surface area contributed by atoms with Crippen LogP contribution in [0.4, 0.5) is 27.6 Å². The third kappa shape index (κ3) is 5.48. The predicted molar refractivity (Wildman–Crippen MR) is 108 cm³/mol. The molecule has 1 heterocycles. The second kappa shape index (κ2) is 9.58. The fraction of sp³-hybridized carbons (Fsp3) is 0.190. The Labute approximate surface area is 178 Å². The van der Waals surface area contributed by atoms with Crippen molar-refractivity contribution in [3.8, 4) is 5.75 Å². The van der Waals surface area contributed by atoms with Crippen molar-refractivity contribution in [1.29, 1.82) is 0 Å². The van der Waals surface area contributed by atoms with Gasteiger partial charge in [-0.1, -0.05) is 36.4 Å². The number of hydrogen-bond acceptors (Lipinski definition) is 5. The van der Waals surface area contributed by atoms with Gasteiger partial charge in [-0.05, 0) is 24.4 Å². The van der Waals surface area contributed by atoms with E-state index in [2.05, 4.69) is 14.8 Å². The zero-order chi connectivity index (χ0) is 23.3. The van der Waals surface area contributed by atoms with Crippen molar-refractivity contribution in [3.05, 3.63) is 88.5 Å². The quantitative estimate of drug-likeness (QED) is 0.520. The standard InChI is InChI=1S/C21H17F5N4O2/c22-20(23)32-17-12-30(15-8-4-5-13(11-15)21(24,25)26)29-18(19(17)31)16(9-10-27)28-14-6-2-1-3-7-14/h1-10,12,15,20H,11,27H2. The molecule has 0 amide bonds. The zero-order valence-corrected chi connectivity index (χ0v) is 16.3. The molecular formula is C21H17F5N4O2. The van der Waals surface area contributed by atoms with Gasteiger partial charge >= 0.3 is 12.8 Å². The van der Waals surface area contributed by atoms with Crippen LogP contribution < -0.4 is 15.9 Å². The van der Waals surface area contributed by atoms with Gasteiger partial charge in [0.25, 0.3) is 5.43 Å². The van der Waals surface area contributed by atoms with Crippen LogP contribution in [0.5, 0.6) is 5.75 Å². The zero-order valence-electron chi connectivity index (χ0n) is 16.3. The van der Waals surface area contributed by atoms with Crippen LogP contribution in [0.25, 0.3) is 0 Å². The molecule has 0 spiro atoms. The first kappa shape index (κ1) is 22.9. The van der Waals surface area contributed by atoms with E-state index in [1.807, 2.05) is 0 Å². The highest BCUT2D eigenvalue weighted by Crippen LogP contribution is 2.35. The maximum absolute atomic E-state index is 13.1. The van der Waals surface area contributed by atoms with E-state index in [9.17, 15) is 26.7 Å². The summed E-state index contributed by atoms with van der Waals surface area (Å²) in [5.41, 5.74) is 3.52. The third-order valence-electron chi connectivity index (χ3n) is 4.39. The molecule has 0 bridgehead atoms. The van der Waals surface area contributed by atoms with Crippen LogP contribution in [0.1, 0.15) is 18.2 Å². The van der Waals surface area contributed by atoms with Gasteiger partial charge in [0, 0.05) is 12.0 Å². The highest BCUT2D eigenvalue weighted by molar-refractivity contribution is 6.08. The molecule has 0 saturated heterocycles. The molecule has 1 atom stereocenters. The number of nitrogens with two attached hydrogens (primary N) is 1. The smallest absolute Gasteiger partial charge is 0.412 e. The Morgan fingerprint density at radius 2 is 2.00 bits per heavy atom. The number of ether oxygens (including phenoxy) is 1. The summed E-state index contributed by atoms with van der Waals surface area (Å²) in [4.78, 5) is 17.0. The molecule has 0 fully saturated rings. The van der Waals surface area contributed by atoms with E-state index in [0.717, 1.165) is 23.2 Å². The molecule has 1 aromatic heterocycles. The van der Waals surface area contributed by atoms with Crippen molar-refractivity contribution >= 4 is 11.4 Å². The number of para-hydroxylation sites is 1.